The highest BCUT2D eigenvalue weighted by Gasteiger charge is 2.35. The fourth-order valence-electron chi connectivity index (χ4n) is 3.14. The van der Waals surface area contributed by atoms with E-state index in [1.807, 2.05) is 29.1 Å². The first-order valence-corrected chi connectivity index (χ1v) is 9.10. The maximum absolute atomic E-state index is 12.6. The van der Waals surface area contributed by atoms with E-state index in [0.717, 1.165) is 27.7 Å². The molecule has 1 unspecified atom stereocenters. The van der Waals surface area contributed by atoms with Crippen LogP contribution in [0.4, 0.5) is 5.69 Å². The molecule has 1 aliphatic rings. The second-order valence-electron chi connectivity index (χ2n) is 6.51. The van der Waals surface area contributed by atoms with Crippen molar-refractivity contribution in [3.63, 3.8) is 0 Å². The molecule has 3 aromatic rings. The lowest BCUT2D eigenvalue weighted by molar-refractivity contribution is -0.116. The summed E-state index contributed by atoms with van der Waals surface area (Å²) in [5, 5.41) is 8.23. The number of nitrogens with zero attached hydrogens (tertiary/aromatic N) is 4. The molecule has 128 valence electrons. The summed E-state index contributed by atoms with van der Waals surface area (Å²) in [5.74, 6) is -0.222. The molecule has 3 heterocycles. The number of hydrogen-bond donors (Lipinski definition) is 1. The van der Waals surface area contributed by atoms with Crippen LogP contribution in [0.3, 0.4) is 0 Å². The number of halogens is 2. The quantitative estimate of drug-likeness (QED) is 0.650. The predicted octanol–water partition coefficient (Wildman–Crippen LogP) is 3.98. The number of nitrogens with one attached hydrogen (secondary N) is 1. The van der Waals surface area contributed by atoms with Gasteiger partial charge in [-0.1, -0.05) is 29.8 Å². The number of carbonyl (C=O) groups is 1. The zero-order valence-electron chi connectivity index (χ0n) is 13.6. The number of hydrogen-bond acceptors (Lipinski definition) is 4. The second-order valence-corrected chi connectivity index (χ2v) is 7.77. The second kappa shape index (κ2) is 6.07. The highest BCUT2D eigenvalue weighted by Crippen LogP contribution is 2.40. The molecular formula is C17H15BrClN5O. The smallest absolute Gasteiger partial charge is 0.238 e. The Balaban J connectivity index is 1.91. The molecule has 1 aliphatic heterocycles. The zero-order chi connectivity index (χ0) is 17.7. The minimum atomic E-state index is -0.535. The number of amides is 1. The van der Waals surface area contributed by atoms with Crippen LogP contribution >= 0.6 is 27.5 Å². The molecule has 1 N–H and O–H groups in total. The van der Waals surface area contributed by atoms with Crippen LogP contribution in [0.2, 0.25) is 5.28 Å². The van der Waals surface area contributed by atoms with Crippen molar-refractivity contribution in [2.24, 2.45) is 5.92 Å². The molecule has 0 saturated carbocycles. The molecule has 0 fully saturated rings. The highest BCUT2D eigenvalue weighted by molar-refractivity contribution is 9.10. The molecule has 8 heteroatoms. The summed E-state index contributed by atoms with van der Waals surface area (Å²) >= 11 is 9.58. The Hall–Kier alpha value is -1.99. The number of carbonyl (C=O) groups excluding carboxylic acids is 1. The zero-order valence-corrected chi connectivity index (χ0v) is 16.0. The van der Waals surface area contributed by atoms with Crippen molar-refractivity contribution < 1.29 is 4.79 Å². The third-order valence-electron chi connectivity index (χ3n) is 4.10. The van der Waals surface area contributed by atoms with Gasteiger partial charge in [0, 0.05) is 22.9 Å². The summed E-state index contributed by atoms with van der Waals surface area (Å²) in [5.41, 5.74) is 2.74. The summed E-state index contributed by atoms with van der Waals surface area (Å²) in [7, 11) is 0. The van der Waals surface area contributed by atoms with Gasteiger partial charge in [0.1, 0.15) is 5.92 Å². The molecule has 2 aromatic heterocycles. The van der Waals surface area contributed by atoms with E-state index in [2.05, 4.69) is 50.2 Å². The maximum atomic E-state index is 12.6. The molecule has 0 saturated heterocycles. The van der Waals surface area contributed by atoms with Crippen LogP contribution < -0.4 is 5.32 Å². The van der Waals surface area contributed by atoms with Crippen molar-refractivity contribution in [1.82, 2.24) is 19.7 Å². The van der Waals surface area contributed by atoms with Crippen molar-refractivity contribution in [3.8, 4) is 0 Å². The van der Waals surface area contributed by atoms with Gasteiger partial charge < -0.3 is 5.32 Å². The number of fused-ring (bicyclic) bond motifs is 2. The molecule has 1 aromatic carbocycles. The number of aromatic nitrogens is 4. The number of benzene rings is 1. The lowest BCUT2D eigenvalue weighted by Crippen LogP contribution is -2.15. The van der Waals surface area contributed by atoms with Crippen molar-refractivity contribution in [1.29, 1.82) is 0 Å². The van der Waals surface area contributed by atoms with Gasteiger partial charge >= 0.3 is 0 Å². The maximum Gasteiger partial charge on any atom is 0.238 e. The summed E-state index contributed by atoms with van der Waals surface area (Å²) in [6, 6.07) is 5.70. The van der Waals surface area contributed by atoms with Gasteiger partial charge in [0.2, 0.25) is 11.2 Å². The Bertz CT molecular complexity index is 1000. The Kier molecular flexibility index (Phi) is 4.00. The summed E-state index contributed by atoms with van der Waals surface area (Å²) < 4.78 is 2.73. The van der Waals surface area contributed by atoms with E-state index in [-0.39, 0.29) is 11.2 Å². The van der Waals surface area contributed by atoms with Crippen molar-refractivity contribution >= 4 is 50.2 Å². The van der Waals surface area contributed by atoms with Crippen LogP contribution in [0, 0.1) is 5.92 Å². The minimum absolute atomic E-state index is 0.0912. The van der Waals surface area contributed by atoms with E-state index >= 15 is 0 Å². The third kappa shape index (κ3) is 2.91. The van der Waals surface area contributed by atoms with Crippen LogP contribution in [0.1, 0.15) is 31.0 Å². The summed E-state index contributed by atoms with van der Waals surface area (Å²) in [6.07, 6.45) is 1.89. The Morgan fingerprint density at radius 2 is 2.16 bits per heavy atom. The molecule has 4 rings (SSSR count). The van der Waals surface area contributed by atoms with E-state index in [9.17, 15) is 4.79 Å². The molecule has 1 amide bonds. The fourth-order valence-corrected chi connectivity index (χ4v) is 3.69. The number of rotatable bonds is 3. The van der Waals surface area contributed by atoms with Gasteiger partial charge in [0.05, 0.1) is 11.1 Å². The van der Waals surface area contributed by atoms with E-state index in [0.29, 0.717) is 17.3 Å². The van der Waals surface area contributed by atoms with Gasteiger partial charge in [-0.3, -0.25) is 9.48 Å². The standard InChI is InChI=1S/C17H15BrClN5O/c1-8(2)6-24-7-11-14(21-17(19)22-15(11)23-24)13-10-5-9(18)3-4-12(10)20-16(13)25/h3-5,7-8,13H,6H2,1-2H3,(H,20,25). The van der Waals surface area contributed by atoms with Crippen LogP contribution in [-0.4, -0.2) is 25.7 Å². The third-order valence-corrected chi connectivity index (χ3v) is 4.76. The van der Waals surface area contributed by atoms with Gasteiger partial charge in [-0.25, -0.2) is 4.98 Å². The van der Waals surface area contributed by atoms with E-state index in [1.54, 1.807) is 0 Å². The lowest BCUT2D eigenvalue weighted by atomic mass is 9.95. The summed E-state index contributed by atoms with van der Waals surface area (Å²) in [4.78, 5) is 21.2. The van der Waals surface area contributed by atoms with Crippen LogP contribution in [0.5, 0.6) is 0 Å². The normalized spacial score (nSPS) is 16.5. The van der Waals surface area contributed by atoms with Crippen LogP contribution in [0.25, 0.3) is 11.0 Å². The SMILES string of the molecule is CC(C)Cn1cc2c(C3C(=O)Nc4ccc(Br)cc43)nc(Cl)nc2n1. The Morgan fingerprint density at radius 3 is 2.92 bits per heavy atom. The van der Waals surface area contributed by atoms with Crippen LogP contribution in [0.15, 0.2) is 28.9 Å². The molecule has 6 nitrogen and oxygen atoms in total. The van der Waals surface area contributed by atoms with Gasteiger partial charge in [-0.05, 0) is 41.3 Å². The highest BCUT2D eigenvalue weighted by atomic mass is 79.9. The summed E-state index contributed by atoms with van der Waals surface area (Å²) in [6.45, 7) is 4.99. The molecule has 0 bridgehead atoms. The number of anilines is 1. The van der Waals surface area contributed by atoms with Gasteiger partial charge in [0.15, 0.2) is 5.65 Å². The minimum Gasteiger partial charge on any atom is -0.325 e. The Morgan fingerprint density at radius 1 is 1.36 bits per heavy atom. The fraction of sp³-hybridized carbons (Fsp3) is 0.294. The average molecular weight is 421 g/mol. The first-order chi connectivity index (χ1) is 11.9. The Labute approximate surface area is 157 Å². The molecule has 0 spiro atoms. The molecule has 0 aliphatic carbocycles. The topological polar surface area (TPSA) is 72.7 Å². The van der Waals surface area contributed by atoms with Crippen molar-refractivity contribution in [3.05, 3.63) is 45.4 Å². The van der Waals surface area contributed by atoms with Crippen molar-refractivity contribution in [2.75, 3.05) is 5.32 Å². The first-order valence-electron chi connectivity index (χ1n) is 7.93. The first kappa shape index (κ1) is 16.5. The lowest BCUT2D eigenvalue weighted by Gasteiger charge is -2.09. The molecule has 25 heavy (non-hydrogen) atoms. The van der Waals surface area contributed by atoms with E-state index < -0.39 is 5.92 Å². The molecule has 0 radical (unpaired) electrons. The van der Waals surface area contributed by atoms with E-state index in [1.165, 1.54) is 0 Å². The average Bonchev–Trinajstić information content (AvgIpc) is 3.05. The van der Waals surface area contributed by atoms with E-state index in [4.69, 9.17) is 11.6 Å². The molecule has 1 atom stereocenters. The molecular weight excluding hydrogens is 406 g/mol. The van der Waals surface area contributed by atoms with Gasteiger partial charge in [0.25, 0.3) is 0 Å². The monoisotopic (exact) mass is 419 g/mol. The van der Waals surface area contributed by atoms with Crippen LogP contribution in [-0.2, 0) is 11.3 Å². The van der Waals surface area contributed by atoms with Crippen molar-refractivity contribution in [2.45, 2.75) is 26.3 Å². The largest absolute Gasteiger partial charge is 0.325 e. The van der Waals surface area contributed by atoms with Gasteiger partial charge in [-0.2, -0.15) is 10.1 Å². The predicted molar refractivity (Wildman–Crippen MR) is 99.8 cm³/mol. The van der Waals surface area contributed by atoms with Gasteiger partial charge in [-0.15, -0.1) is 0 Å².